The summed E-state index contributed by atoms with van der Waals surface area (Å²) in [6.45, 7) is 0. The van der Waals surface area contributed by atoms with E-state index in [2.05, 4.69) is 64.5 Å². The monoisotopic (exact) mass is 347 g/mol. The molecule has 0 spiro atoms. The Morgan fingerprint density at radius 2 is 1.90 bits per heavy atom. The van der Waals surface area contributed by atoms with Gasteiger partial charge in [-0.15, -0.1) is 11.8 Å². The lowest BCUT2D eigenvalue weighted by atomic mass is 9.75. The minimum absolute atomic E-state index is 0.266. The largest absolute Gasteiger partial charge is 0.327 e. The van der Waals surface area contributed by atoms with E-state index in [0.717, 1.165) is 16.6 Å². The van der Waals surface area contributed by atoms with Crippen LogP contribution in [0.1, 0.15) is 23.5 Å². The molecular weight excluding hydrogens is 330 g/mol. The predicted octanol–water partition coefficient (Wildman–Crippen LogP) is 4.60. The molecule has 1 nitrogen and oxygen atoms in total. The maximum atomic E-state index is 6.29. The van der Waals surface area contributed by atoms with Crippen molar-refractivity contribution in [3.05, 3.63) is 64.1 Å². The van der Waals surface area contributed by atoms with Crippen LogP contribution in [0.15, 0.2) is 57.9 Å². The zero-order valence-electron chi connectivity index (χ0n) is 11.3. The molecule has 1 aliphatic carbocycles. The Balaban J connectivity index is 1.49. The minimum Gasteiger partial charge on any atom is -0.327 e. The van der Waals surface area contributed by atoms with E-state index in [-0.39, 0.29) is 6.04 Å². The molecule has 0 bridgehead atoms. The van der Waals surface area contributed by atoms with Gasteiger partial charge in [0.25, 0.3) is 0 Å². The van der Waals surface area contributed by atoms with Gasteiger partial charge in [0, 0.05) is 21.2 Å². The molecule has 0 heterocycles. The first-order chi connectivity index (χ1) is 9.72. The van der Waals surface area contributed by atoms with Crippen LogP contribution in [0.25, 0.3) is 0 Å². The number of benzene rings is 2. The number of hydrogen-bond acceptors (Lipinski definition) is 2. The van der Waals surface area contributed by atoms with Gasteiger partial charge in [0.05, 0.1) is 0 Å². The lowest BCUT2D eigenvalue weighted by Gasteiger charge is -2.32. The van der Waals surface area contributed by atoms with Gasteiger partial charge in [-0.1, -0.05) is 40.2 Å². The van der Waals surface area contributed by atoms with E-state index < -0.39 is 0 Å². The Morgan fingerprint density at radius 3 is 2.65 bits per heavy atom. The highest BCUT2D eigenvalue weighted by molar-refractivity contribution is 9.10. The first-order valence-electron chi connectivity index (χ1n) is 6.94. The van der Waals surface area contributed by atoms with E-state index in [9.17, 15) is 0 Å². The zero-order valence-corrected chi connectivity index (χ0v) is 13.7. The smallest absolute Gasteiger partial charge is 0.0176 e. The molecule has 2 N–H and O–H groups in total. The Kier molecular flexibility index (Phi) is 4.49. The van der Waals surface area contributed by atoms with Crippen LogP contribution in [0, 0.1) is 0 Å². The molecule has 0 saturated carbocycles. The third-order valence-corrected chi connectivity index (χ3v) is 5.56. The van der Waals surface area contributed by atoms with Crippen molar-refractivity contribution in [2.24, 2.45) is 5.73 Å². The van der Waals surface area contributed by atoms with Gasteiger partial charge in [0.2, 0.25) is 0 Å². The molecule has 0 amide bonds. The third-order valence-electron chi connectivity index (χ3n) is 3.83. The summed E-state index contributed by atoms with van der Waals surface area (Å²) in [5.41, 5.74) is 9.30. The third kappa shape index (κ3) is 3.27. The number of hydrogen-bond donors (Lipinski definition) is 1. The first kappa shape index (κ1) is 14.2. The molecule has 0 aliphatic heterocycles. The zero-order chi connectivity index (χ0) is 13.9. The normalized spacial score (nSPS) is 18.2. The van der Waals surface area contributed by atoms with Crippen molar-refractivity contribution in [1.82, 2.24) is 0 Å². The second-order valence-electron chi connectivity index (χ2n) is 5.36. The summed E-state index contributed by atoms with van der Waals surface area (Å²) in [7, 11) is 0. The van der Waals surface area contributed by atoms with Crippen molar-refractivity contribution in [2.75, 3.05) is 5.75 Å². The van der Waals surface area contributed by atoms with Crippen LogP contribution in [-0.4, -0.2) is 11.8 Å². The topological polar surface area (TPSA) is 26.0 Å². The average molecular weight is 348 g/mol. The van der Waals surface area contributed by atoms with Crippen LogP contribution in [0.4, 0.5) is 0 Å². The van der Waals surface area contributed by atoms with E-state index in [0.29, 0.717) is 5.92 Å². The summed E-state index contributed by atoms with van der Waals surface area (Å²) in [4.78, 5) is 1.29. The predicted molar refractivity (Wildman–Crippen MR) is 90.3 cm³/mol. The molecule has 2 aromatic carbocycles. The molecule has 3 rings (SSSR count). The number of nitrogens with two attached hydrogens (primary N) is 1. The standard InChI is InChI=1S/C17H18BrNS/c18-14-5-7-16(8-6-14)20-11-15(19)10-13-9-12-3-1-2-4-17(12)13/h1-8,13,15H,9-11,19H2. The van der Waals surface area contributed by atoms with Crippen molar-refractivity contribution < 1.29 is 0 Å². The molecule has 2 atom stereocenters. The van der Waals surface area contributed by atoms with Crippen molar-refractivity contribution >= 4 is 27.7 Å². The lowest BCUT2D eigenvalue weighted by Crippen LogP contribution is -2.29. The second-order valence-corrected chi connectivity index (χ2v) is 7.37. The van der Waals surface area contributed by atoms with Gasteiger partial charge >= 0.3 is 0 Å². The number of thioether (sulfide) groups is 1. The van der Waals surface area contributed by atoms with Gasteiger partial charge in [-0.25, -0.2) is 0 Å². The molecular formula is C17H18BrNS. The van der Waals surface area contributed by atoms with Crippen LogP contribution >= 0.6 is 27.7 Å². The highest BCUT2D eigenvalue weighted by Crippen LogP contribution is 2.38. The quantitative estimate of drug-likeness (QED) is 0.800. The molecule has 0 fully saturated rings. The fraction of sp³-hybridized carbons (Fsp3) is 0.294. The minimum atomic E-state index is 0.266. The molecule has 0 saturated heterocycles. The maximum Gasteiger partial charge on any atom is 0.0176 e. The molecule has 3 heteroatoms. The Hall–Kier alpha value is -0.770. The summed E-state index contributed by atoms with van der Waals surface area (Å²) in [6.07, 6.45) is 2.30. The van der Waals surface area contributed by atoms with Gasteiger partial charge in [-0.2, -0.15) is 0 Å². The molecule has 1 aliphatic rings. The SMILES string of the molecule is NC(CSc1ccc(Br)cc1)CC1Cc2ccccc21. The number of halogens is 1. The number of rotatable bonds is 5. The molecule has 2 unspecified atom stereocenters. The highest BCUT2D eigenvalue weighted by Gasteiger charge is 2.26. The van der Waals surface area contributed by atoms with Crippen LogP contribution in [0.3, 0.4) is 0 Å². The molecule has 2 aromatic rings. The first-order valence-corrected chi connectivity index (χ1v) is 8.72. The van der Waals surface area contributed by atoms with E-state index in [4.69, 9.17) is 5.73 Å². The summed E-state index contributed by atoms with van der Waals surface area (Å²) >= 11 is 5.31. The summed E-state index contributed by atoms with van der Waals surface area (Å²) in [5, 5.41) is 0. The van der Waals surface area contributed by atoms with Crippen LogP contribution in [-0.2, 0) is 6.42 Å². The van der Waals surface area contributed by atoms with E-state index in [1.807, 2.05) is 11.8 Å². The Labute approximate surface area is 133 Å². The van der Waals surface area contributed by atoms with E-state index in [1.165, 1.54) is 22.4 Å². The van der Waals surface area contributed by atoms with Crippen molar-refractivity contribution in [3.63, 3.8) is 0 Å². The van der Waals surface area contributed by atoms with Crippen molar-refractivity contribution in [3.8, 4) is 0 Å². The highest BCUT2D eigenvalue weighted by atomic mass is 79.9. The van der Waals surface area contributed by atoms with E-state index in [1.54, 1.807) is 0 Å². The lowest BCUT2D eigenvalue weighted by molar-refractivity contribution is 0.510. The van der Waals surface area contributed by atoms with Crippen LogP contribution < -0.4 is 5.73 Å². The number of fused-ring (bicyclic) bond motifs is 1. The second kappa shape index (κ2) is 6.33. The van der Waals surface area contributed by atoms with Gasteiger partial charge in [0.15, 0.2) is 0 Å². The average Bonchev–Trinajstić information content (AvgIpc) is 2.44. The molecule has 104 valence electrons. The van der Waals surface area contributed by atoms with Gasteiger partial charge < -0.3 is 5.73 Å². The Bertz CT molecular complexity index is 582. The fourth-order valence-corrected chi connectivity index (χ4v) is 3.88. The fourth-order valence-electron chi connectivity index (χ4n) is 2.74. The van der Waals surface area contributed by atoms with Crippen molar-refractivity contribution in [2.45, 2.75) is 29.7 Å². The summed E-state index contributed by atoms with van der Waals surface area (Å²) < 4.78 is 1.12. The van der Waals surface area contributed by atoms with Gasteiger partial charge in [-0.05, 0) is 54.2 Å². The van der Waals surface area contributed by atoms with Crippen LogP contribution in [0.5, 0.6) is 0 Å². The van der Waals surface area contributed by atoms with Crippen LogP contribution in [0.2, 0.25) is 0 Å². The summed E-state index contributed by atoms with van der Waals surface area (Å²) in [6, 6.07) is 17.4. The molecule has 0 aromatic heterocycles. The molecule has 0 radical (unpaired) electrons. The molecule has 20 heavy (non-hydrogen) atoms. The Morgan fingerprint density at radius 1 is 1.15 bits per heavy atom. The van der Waals surface area contributed by atoms with Gasteiger partial charge in [-0.3, -0.25) is 0 Å². The van der Waals surface area contributed by atoms with E-state index >= 15 is 0 Å². The van der Waals surface area contributed by atoms with Crippen molar-refractivity contribution in [1.29, 1.82) is 0 Å². The maximum absolute atomic E-state index is 6.29. The van der Waals surface area contributed by atoms with Gasteiger partial charge in [0.1, 0.15) is 0 Å². The summed E-state index contributed by atoms with van der Waals surface area (Å²) in [5.74, 6) is 1.66.